The second-order valence-electron chi connectivity index (χ2n) is 7.46. The van der Waals surface area contributed by atoms with Crippen molar-refractivity contribution in [2.24, 2.45) is 0 Å². The average molecular weight is 365 g/mol. The number of hydrogen-bond acceptors (Lipinski definition) is 4. The molecule has 7 heteroatoms. The Morgan fingerprint density at radius 2 is 1.41 bits per heavy atom. The molecule has 0 aliphatic carbocycles. The lowest BCUT2D eigenvalue weighted by Gasteiger charge is -2.40. The van der Waals surface area contributed by atoms with Gasteiger partial charge in [0.2, 0.25) is 0 Å². The van der Waals surface area contributed by atoms with E-state index in [1.54, 1.807) is 0 Å². The smallest absolute Gasteiger partial charge is 0.174 e. The lowest BCUT2D eigenvalue weighted by Crippen LogP contribution is -2.40. The Labute approximate surface area is 144 Å². The van der Waals surface area contributed by atoms with E-state index in [9.17, 15) is 0 Å². The molecule has 22 heavy (non-hydrogen) atoms. The third-order valence-electron chi connectivity index (χ3n) is 5.11. The van der Waals surface area contributed by atoms with E-state index >= 15 is 0 Å². The number of hydrogen-bond donors (Lipinski definition) is 2. The maximum absolute atomic E-state index is 5.20. The van der Waals surface area contributed by atoms with Crippen LogP contribution < -0.4 is 10.6 Å². The van der Waals surface area contributed by atoms with Gasteiger partial charge in [-0.15, -0.1) is 0 Å². The Balaban J connectivity index is 3.87. The van der Waals surface area contributed by atoms with Gasteiger partial charge < -0.3 is 19.5 Å². The van der Waals surface area contributed by atoms with Gasteiger partial charge in [-0.3, -0.25) is 0 Å². The summed E-state index contributed by atoms with van der Waals surface area (Å²) in [6, 6.07) is 1.42. The first-order chi connectivity index (χ1) is 10.4. The van der Waals surface area contributed by atoms with E-state index in [0.717, 1.165) is 25.4 Å². The predicted molar refractivity (Wildman–Crippen MR) is 107 cm³/mol. The summed E-state index contributed by atoms with van der Waals surface area (Å²) in [6.45, 7) is 12.4. The third-order valence-corrected chi connectivity index (χ3v) is 12.6. The highest BCUT2D eigenvalue weighted by Crippen LogP contribution is 2.44. The van der Waals surface area contributed by atoms with E-state index in [4.69, 9.17) is 8.85 Å². The van der Waals surface area contributed by atoms with Crippen molar-refractivity contribution in [2.45, 2.75) is 57.3 Å². The SMILES string of the molecule is CO[SiH2]CNCCCC(C)(C)[Si](C)(C)CCCNC[SiH2]OC. The Morgan fingerprint density at radius 3 is 1.91 bits per heavy atom. The summed E-state index contributed by atoms with van der Waals surface area (Å²) in [7, 11) is 1.85. The average Bonchev–Trinajstić information content (AvgIpc) is 2.46. The molecule has 0 saturated carbocycles. The van der Waals surface area contributed by atoms with Crippen LogP contribution in [-0.2, 0) is 8.85 Å². The molecule has 0 radical (unpaired) electrons. The summed E-state index contributed by atoms with van der Waals surface area (Å²) >= 11 is 0. The summed E-state index contributed by atoms with van der Waals surface area (Å²) in [5, 5.41) is 7.56. The number of rotatable bonds is 15. The van der Waals surface area contributed by atoms with Crippen LogP contribution >= 0.6 is 0 Å². The van der Waals surface area contributed by atoms with Crippen LogP contribution in [0.3, 0.4) is 0 Å². The monoisotopic (exact) mass is 364 g/mol. The van der Waals surface area contributed by atoms with Crippen LogP contribution in [0.25, 0.3) is 0 Å². The lowest BCUT2D eigenvalue weighted by atomic mass is 10.1. The molecule has 0 aromatic carbocycles. The molecule has 134 valence electrons. The van der Waals surface area contributed by atoms with Gasteiger partial charge in [-0.2, -0.15) is 0 Å². The van der Waals surface area contributed by atoms with E-state index < -0.39 is 8.07 Å². The summed E-state index contributed by atoms with van der Waals surface area (Å²) < 4.78 is 10.4. The van der Waals surface area contributed by atoms with Gasteiger partial charge in [0.1, 0.15) is 0 Å². The van der Waals surface area contributed by atoms with Gasteiger partial charge in [0.15, 0.2) is 19.5 Å². The zero-order valence-electron chi connectivity index (χ0n) is 15.9. The molecule has 0 spiro atoms. The maximum Gasteiger partial charge on any atom is 0.174 e. The van der Waals surface area contributed by atoms with Gasteiger partial charge >= 0.3 is 0 Å². The highest BCUT2D eigenvalue weighted by Gasteiger charge is 2.37. The normalized spacial score (nSPS) is 13.9. The molecule has 4 nitrogen and oxygen atoms in total. The van der Waals surface area contributed by atoms with Crippen molar-refractivity contribution in [3.8, 4) is 0 Å². The molecular formula is C15H40N2O2Si3. The third kappa shape index (κ3) is 10.3. The van der Waals surface area contributed by atoms with E-state index in [0.29, 0.717) is 5.04 Å². The van der Waals surface area contributed by atoms with Crippen molar-refractivity contribution < 1.29 is 8.85 Å². The van der Waals surface area contributed by atoms with Crippen LogP contribution in [0.5, 0.6) is 0 Å². The molecule has 0 aliphatic heterocycles. The fourth-order valence-electron chi connectivity index (χ4n) is 2.59. The maximum atomic E-state index is 5.20. The van der Waals surface area contributed by atoms with Gasteiger partial charge in [-0.1, -0.05) is 33.0 Å². The van der Waals surface area contributed by atoms with Gasteiger partial charge in [0.25, 0.3) is 0 Å². The molecule has 0 atom stereocenters. The molecule has 0 aliphatic rings. The van der Waals surface area contributed by atoms with Gasteiger partial charge in [0.05, 0.1) is 8.07 Å². The summed E-state index contributed by atoms with van der Waals surface area (Å²) in [5.74, 6) is 0. The zero-order valence-corrected chi connectivity index (χ0v) is 19.7. The van der Waals surface area contributed by atoms with Crippen molar-refractivity contribution in [1.82, 2.24) is 10.6 Å². The van der Waals surface area contributed by atoms with Gasteiger partial charge in [-0.25, -0.2) is 0 Å². The van der Waals surface area contributed by atoms with E-state index in [1.165, 1.54) is 25.3 Å². The minimum absolute atomic E-state index is 0.301. The molecule has 0 unspecified atom stereocenters. The fourth-order valence-corrected chi connectivity index (χ4v) is 6.37. The standard InChI is InChI=1S/C15H40N2O2Si3/c1-15(2,9-7-10-16-13-20-18-3)22(5,6)12-8-11-17-14-21-19-4/h16-17H,7-14,20-21H2,1-6H3. The molecule has 0 amide bonds. The van der Waals surface area contributed by atoms with Crippen molar-refractivity contribution in [1.29, 1.82) is 0 Å². The summed E-state index contributed by atoms with van der Waals surface area (Å²) in [4.78, 5) is 0. The highest BCUT2D eigenvalue weighted by molar-refractivity contribution is 6.80. The molecule has 0 rings (SSSR count). The molecule has 0 aromatic heterocycles. The minimum Gasteiger partial charge on any atom is -0.426 e. The minimum atomic E-state index is -1.18. The second-order valence-corrected chi connectivity index (χ2v) is 16.1. The van der Waals surface area contributed by atoms with Crippen LogP contribution in [0.1, 0.15) is 33.1 Å². The molecule has 0 saturated heterocycles. The van der Waals surface area contributed by atoms with Crippen LogP contribution in [0.4, 0.5) is 0 Å². The molecule has 0 bridgehead atoms. The largest absolute Gasteiger partial charge is 0.426 e. The molecule has 0 heterocycles. The Kier molecular flexibility index (Phi) is 13.1. The van der Waals surface area contributed by atoms with Crippen molar-refractivity contribution in [3.63, 3.8) is 0 Å². The quantitative estimate of drug-likeness (QED) is 0.338. The Bertz CT molecular complexity index is 241. The van der Waals surface area contributed by atoms with Crippen LogP contribution in [-0.4, -0.2) is 67.2 Å². The first kappa shape index (κ1) is 22.5. The Morgan fingerprint density at radius 1 is 0.909 bits per heavy atom. The second kappa shape index (κ2) is 12.9. The van der Waals surface area contributed by atoms with Gasteiger partial charge in [-0.05, 0) is 37.4 Å². The van der Waals surface area contributed by atoms with Crippen molar-refractivity contribution in [2.75, 3.05) is 39.6 Å². The van der Waals surface area contributed by atoms with Crippen LogP contribution in [0.2, 0.25) is 24.2 Å². The summed E-state index contributed by atoms with van der Waals surface area (Å²) in [6.07, 6.45) is 6.17. The first-order valence-corrected chi connectivity index (χ1v) is 15.1. The Hall–Kier alpha value is 0.491. The van der Waals surface area contributed by atoms with Crippen LogP contribution in [0, 0.1) is 0 Å². The van der Waals surface area contributed by atoms with Crippen molar-refractivity contribution >= 4 is 27.6 Å². The topological polar surface area (TPSA) is 42.5 Å². The highest BCUT2D eigenvalue weighted by atomic mass is 28.3. The molecule has 0 aromatic rings. The summed E-state index contributed by atoms with van der Waals surface area (Å²) in [5.41, 5.74) is 0. The predicted octanol–water partition coefficient (Wildman–Crippen LogP) is 1.20. The van der Waals surface area contributed by atoms with E-state index in [2.05, 4.69) is 37.6 Å². The molecule has 2 N–H and O–H groups in total. The lowest BCUT2D eigenvalue weighted by molar-refractivity contribution is 0.436. The van der Waals surface area contributed by atoms with E-state index in [1.807, 2.05) is 14.2 Å². The van der Waals surface area contributed by atoms with Crippen molar-refractivity contribution in [3.05, 3.63) is 0 Å². The molecule has 0 fully saturated rings. The molecular weight excluding hydrogens is 324 g/mol. The fraction of sp³-hybridized carbons (Fsp3) is 1.00. The van der Waals surface area contributed by atoms with Crippen LogP contribution in [0.15, 0.2) is 0 Å². The zero-order chi connectivity index (χ0) is 16.9. The van der Waals surface area contributed by atoms with E-state index in [-0.39, 0.29) is 19.5 Å². The van der Waals surface area contributed by atoms with Gasteiger partial charge in [0, 0.05) is 26.6 Å². The first-order valence-electron chi connectivity index (χ1n) is 8.77. The number of nitrogens with one attached hydrogen (secondary N) is 2.